The summed E-state index contributed by atoms with van der Waals surface area (Å²) in [6.07, 6.45) is -1.67. The highest BCUT2D eigenvalue weighted by atomic mass is 16.7. The number of hydrogen-bond donors (Lipinski definition) is 1. The molecule has 1 N–H and O–H groups in total. The van der Waals surface area contributed by atoms with Crippen molar-refractivity contribution in [3.05, 3.63) is 0 Å². The summed E-state index contributed by atoms with van der Waals surface area (Å²) in [6.45, 7) is 5.23. The van der Waals surface area contributed by atoms with Gasteiger partial charge in [-0.25, -0.2) is 4.79 Å². The Kier molecular flexibility index (Phi) is 4.81. The van der Waals surface area contributed by atoms with Crippen molar-refractivity contribution in [1.82, 2.24) is 0 Å². The third-order valence-corrected chi connectivity index (χ3v) is 1.02. The van der Waals surface area contributed by atoms with Crippen LogP contribution in [-0.2, 0) is 14.3 Å². The molecule has 0 saturated heterocycles. The lowest BCUT2D eigenvalue weighted by molar-refractivity contribution is -0.182. The summed E-state index contributed by atoms with van der Waals surface area (Å²) in [5.74, 6) is -0.661. The van der Waals surface area contributed by atoms with Crippen LogP contribution in [0, 0.1) is 0 Å². The van der Waals surface area contributed by atoms with E-state index in [0.29, 0.717) is 6.61 Å². The van der Waals surface area contributed by atoms with E-state index in [1.54, 1.807) is 13.8 Å². The van der Waals surface area contributed by atoms with E-state index in [1.165, 1.54) is 6.92 Å². The molecule has 0 heterocycles. The molecule has 0 rings (SSSR count). The molecule has 66 valence electrons. The first kappa shape index (κ1) is 10.4. The minimum absolute atomic E-state index is 0.480. The van der Waals surface area contributed by atoms with Crippen LogP contribution < -0.4 is 0 Å². The molecule has 0 amide bonds. The van der Waals surface area contributed by atoms with E-state index in [2.05, 4.69) is 4.74 Å². The molecule has 4 heteroatoms. The fraction of sp³-hybridized carbons (Fsp3) is 0.857. The van der Waals surface area contributed by atoms with Crippen molar-refractivity contribution in [2.45, 2.75) is 33.2 Å². The van der Waals surface area contributed by atoms with E-state index >= 15 is 0 Å². The Morgan fingerprint density at radius 3 is 2.45 bits per heavy atom. The number of rotatable bonds is 4. The molecular formula is C7H14O4. The molecule has 0 bridgehead atoms. The monoisotopic (exact) mass is 162 g/mol. The summed E-state index contributed by atoms with van der Waals surface area (Å²) in [5.41, 5.74) is 0. The molecule has 0 aliphatic carbocycles. The summed E-state index contributed by atoms with van der Waals surface area (Å²) in [5, 5.41) is 8.71. The van der Waals surface area contributed by atoms with Crippen LogP contribution in [0.4, 0.5) is 0 Å². The van der Waals surface area contributed by atoms with E-state index in [4.69, 9.17) is 9.84 Å². The van der Waals surface area contributed by atoms with Gasteiger partial charge in [0.05, 0.1) is 0 Å². The number of aliphatic hydroxyl groups excluding tert-OH is 1. The molecule has 0 aliphatic heterocycles. The SMILES string of the molecule is CCOC(C)OC(=O)[C@@H](C)O. The zero-order valence-corrected chi connectivity index (χ0v) is 7.03. The first-order chi connectivity index (χ1) is 5.07. The molecular weight excluding hydrogens is 148 g/mol. The van der Waals surface area contributed by atoms with Crippen LogP contribution >= 0.6 is 0 Å². The Hall–Kier alpha value is -0.610. The van der Waals surface area contributed by atoms with Crippen LogP contribution in [0.15, 0.2) is 0 Å². The maximum atomic E-state index is 10.7. The normalized spacial score (nSPS) is 15.6. The largest absolute Gasteiger partial charge is 0.434 e. The number of carbonyl (C=O) groups excluding carboxylic acids is 1. The maximum absolute atomic E-state index is 10.7. The second kappa shape index (κ2) is 5.09. The summed E-state index contributed by atoms with van der Waals surface area (Å²) in [4.78, 5) is 10.7. The van der Waals surface area contributed by atoms with E-state index < -0.39 is 18.4 Å². The summed E-state index contributed by atoms with van der Waals surface area (Å²) < 4.78 is 9.55. The predicted octanol–water partition coefficient (Wildman–Crippen LogP) is 0.293. The molecule has 0 aliphatic rings. The average Bonchev–Trinajstić information content (AvgIpc) is 1.87. The van der Waals surface area contributed by atoms with Crippen molar-refractivity contribution in [3.8, 4) is 0 Å². The Morgan fingerprint density at radius 1 is 1.55 bits per heavy atom. The topological polar surface area (TPSA) is 55.8 Å². The van der Waals surface area contributed by atoms with Crippen molar-refractivity contribution in [2.24, 2.45) is 0 Å². The zero-order chi connectivity index (χ0) is 8.85. The highest BCUT2D eigenvalue weighted by Gasteiger charge is 2.13. The Bertz CT molecular complexity index is 122. The van der Waals surface area contributed by atoms with Gasteiger partial charge in [-0.3, -0.25) is 0 Å². The minimum atomic E-state index is -1.09. The fourth-order valence-corrected chi connectivity index (χ4v) is 0.531. The van der Waals surface area contributed by atoms with Gasteiger partial charge in [0.15, 0.2) is 6.29 Å². The van der Waals surface area contributed by atoms with Gasteiger partial charge >= 0.3 is 5.97 Å². The predicted molar refractivity (Wildman–Crippen MR) is 38.9 cm³/mol. The van der Waals surface area contributed by atoms with Crippen molar-refractivity contribution in [1.29, 1.82) is 0 Å². The third kappa shape index (κ3) is 4.75. The quantitative estimate of drug-likeness (QED) is 0.477. The van der Waals surface area contributed by atoms with Gasteiger partial charge in [-0.15, -0.1) is 0 Å². The molecule has 0 spiro atoms. The standard InChI is InChI=1S/C7H14O4/c1-4-10-6(3)11-7(9)5(2)8/h5-6,8H,4H2,1-3H3/t5-,6?/m1/s1. The molecule has 11 heavy (non-hydrogen) atoms. The van der Waals surface area contributed by atoms with Crippen molar-refractivity contribution in [3.63, 3.8) is 0 Å². The average molecular weight is 162 g/mol. The van der Waals surface area contributed by atoms with Crippen molar-refractivity contribution in [2.75, 3.05) is 6.61 Å². The summed E-state index contributed by atoms with van der Waals surface area (Å²) in [6, 6.07) is 0. The van der Waals surface area contributed by atoms with Crippen LogP contribution in [0.25, 0.3) is 0 Å². The first-order valence-electron chi connectivity index (χ1n) is 3.58. The Labute approximate surface area is 66.1 Å². The maximum Gasteiger partial charge on any atom is 0.336 e. The molecule has 0 fully saturated rings. The van der Waals surface area contributed by atoms with Gasteiger partial charge in [-0.05, 0) is 20.8 Å². The highest BCUT2D eigenvalue weighted by molar-refractivity contribution is 5.73. The lowest BCUT2D eigenvalue weighted by Gasteiger charge is -2.13. The fourth-order valence-electron chi connectivity index (χ4n) is 0.531. The molecule has 4 nitrogen and oxygen atoms in total. The smallest absolute Gasteiger partial charge is 0.336 e. The van der Waals surface area contributed by atoms with Crippen molar-refractivity contribution < 1.29 is 19.4 Å². The van der Waals surface area contributed by atoms with Gasteiger partial charge in [0.2, 0.25) is 0 Å². The number of hydrogen-bond acceptors (Lipinski definition) is 4. The first-order valence-corrected chi connectivity index (χ1v) is 3.58. The summed E-state index contributed by atoms with van der Waals surface area (Å²) in [7, 11) is 0. The zero-order valence-electron chi connectivity index (χ0n) is 7.03. The minimum Gasteiger partial charge on any atom is -0.434 e. The van der Waals surface area contributed by atoms with E-state index in [1.807, 2.05) is 0 Å². The molecule has 1 unspecified atom stereocenters. The van der Waals surface area contributed by atoms with Crippen LogP contribution in [0.5, 0.6) is 0 Å². The summed E-state index contributed by atoms with van der Waals surface area (Å²) >= 11 is 0. The van der Waals surface area contributed by atoms with Crippen LogP contribution in [0.3, 0.4) is 0 Å². The molecule has 0 radical (unpaired) electrons. The van der Waals surface area contributed by atoms with Gasteiger partial charge in [0.25, 0.3) is 0 Å². The number of carbonyl (C=O) groups is 1. The van der Waals surface area contributed by atoms with Gasteiger partial charge in [0, 0.05) is 6.61 Å². The van der Waals surface area contributed by atoms with Gasteiger partial charge in [-0.2, -0.15) is 0 Å². The van der Waals surface area contributed by atoms with Crippen molar-refractivity contribution >= 4 is 5.97 Å². The van der Waals surface area contributed by atoms with Gasteiger partial charge in [-0.1, -0.05) is 0 Å². The molecule has 0 aromatic carbocycles. The van der Waals surface area contributed by atoms with Crippen LogP contribution in [0.2, 0.25) is 0 Å². The highest BCUT2D eigenvalue weighted by Crippen LogP contribution is 1.96. The number of aliphatic hydroxyl groups is 1. The van der Waals surface area contributed by atoms with E-state index in [0.717, 1.165) is 0 Å². The Balaban J connectivity index is 3.57. The van der Waals surface area contributed by atoms with Crippen LogP contribution in [-0.4, -0.2) is 30.1 Å². The number of ether oxygens (including phenoxy) is 2. The second-order valence-electron chi connectivity index (χ2n) is 2.14. The molecule has 0 saturated carbocycles. The van der Waals surface area contributed by atoms with Crippen LogP contribution in [0.1, 0.15) is 20.8 Å². The third-order valence-electron chi connectivity index (χ3n) is 1.02. The van der Waals surface area contributed by atoms with E-state index in [-0.39, 0.29) is 0 Å². The lowest BCUT2D eigenvalue weighted by Crippen LogP contribution is -2.25. The molecule has 0 aromatic heterocycles. The van der Waals surface area contributed by atoms with E-state index in [9.17, 15) is 4.79 Å². The van der Waals surface area contributed by atoms with Gasteiger partial charge in [0.1, 0.15) is 6.10 Å². The molecule has 0 aromatic rings. The number of esters is 1. The second-order valence-corrected chi connectivity index (χ2v) is 2.14. The Morgan fingerprint density at radius 2 is 2.09 bits per heavy atom. The van der Waals surface area contributed by atoms with Gasteiger partial charge < -0.3 is 14.6 Å². The molecule has 2 atom stereocenters. The lowest BCUT2D eigenvalue weighted by atomic mass is 10.4.